The summed E-state index contributed by atoms with van der Waals surface area (Å²) in [4.78, 5) is 26.7. The molecule has 32 heavy (non-hydrogen) atoms. The van der Waals surface area contributed by atoms with Crippen LogP contribution in [0.5, 0.6) is 11.5 Å². The van der Waals surface area contributed by atoms with E-state index in [1.54, 1.807) is 42.1 Å². The average Bonchev–Trinajstić information content (AvgIpc) is 3.48. The van der Waals surface area contributed by atoms with Crippen molar-refractivity contribution in [1.82, 2.24) is 25.2 Å². The number of benzene rings is 2. The zero-order valence-electron chi connectivity index (χ0n) is 18.1. The number of ether oxygens (including phenoxy) is 2. The lowest BCUT2D eigenvalue weighted by Crippen LogP contribution is -2.31. The molecule has 10 nitrogen and oxygen atoms in total. The van der Waals surface area contributed by atoms with Gasteiger partial charge >= 0.3 is 6.03 Å². The number of rotatable bonds is 7. The van der Waals surface area contributed by atoms with Gasteiger partial charge in [-0.3, -0.25) is 4.79 Å². The highest BCUT2D eigenvalue weighted by molar-refractivity contribution is 5.97. The van der Waals surface area contributed by atoms with Crippen molar-refractivity contribution < 1.29 is 19.1 Å². The molecule has 2 N–H and O–H groups in total. The van der Waals surface area contributed by atoms with Crippen LogP contribution in [0.25, 0.3) is 11.0 Å². The lowest BCUT2D eigenvalue weighted by Gasteiger charge is -2.15. The van der Waals surface area contributed by atoms with Crippen LogP contribution in [0.3, 0.4) is 0 Å². The Balaban J connectivity index is 1.33. The summed E-state index contributed by atoms with van der Waals surface area (Å²) in [6.07, 6.45) is 2.10. The molecule has 0 bridgehead atoms. The van der Waals surface area contributed by atoms with Gasteiger partial charge in [0.25, 0.3) is 5.91 Å². The monoisotopic (exact) mass is 438 g/mol. The first-order chi connectivity index (χ1) is 15.6. The van der Waals surface area contributed by atoms with E-state index in [0.717, 1.165) is 31.4 Å². The lowest BCUT2D eigenvalue weighted by atomic mass is 10.1. The fourth-order valence-electron chi connectivity index (χ4n) is 3.74. The van der Waals surface area contributed by atoms with Crippen LogP contribution in [0.15, 0.2) is 36.4 Å². The van der Waals surface area contributed by atoms with Crippen molar-refractivity contribution in [1.29, 1.82) is 0 Å². The number of hydrogen-bond acceptors (Lipinski definition) is 6. The van der Waals surface area contributed by atoms with E-state index in [-0.39, 0.29) is 11.9 Å². The van der Waals surface area contributed by atoms with Crippen molar-refractivity contribution in [2.24, 2.45) is 0 Å². The predicted molar refractivity (Wildman–Crippen MR) is 119 cm³/mol. The Hall–Kier alpha value is -3.82. The number of fused-ring (bicyclic) bond motifs is 1. The molecule has 0 saturated carbocycles. The smallest absolute Gasteiger partial charge is 0.319 e. The molecule has 0 unspecified atom stereocenters. The number of urea groups is 1. The molecule has 168 valence electrons. The van der Waals surface area contributed by atoms with Crippen LogP contribution in [0.1, 0.15) is 23.2 Å². The molecule has 2 heterocycles. The van der Waals surface area contributed by atoms with Gasteiger partial charge in [0.05, 0.1) is 26.3 Å². The van der Waals surface area contributed by atoms with Crippen LogP contribution >= 0.6 is 0 Å². The quantitative estimate of drug-likeness (QED) is 0.586. The van der Waals surface area contributed by atoms with Crippen LogP contribution in [0.4, 0.5) is 10.5 Å². The van der Waals surface area contributed by atoms with Gasteiger partial charge in [-0.15, -0.1) is 5.10 Å². The summed E-state index contributed by atoms with van der Waals surface area (Å²) in [7, 11) is 3.09. The fourth-order valence-corrected chi connectivity index (χ4v) is 3.74. The maximum atomic E-state index is 12.6. The summed E-state index contributed by atoms with van der Waals surface area (Å²) in [6.45, 7) is 2.41. The van der Waals surface area contributed by atoms with E-state index < -0.39 is 0 Å². The van der Waals surface area contributed by atoms with Gasteiger partial charge in [-0.2, -0.15) is 0 Å². The van der Waals surface area contributed by atoms with E-state index >= 15 is 0 Å². The third-order valence-electron chi connectivity index (χ3n) is 5.40. The zero-order chi connectivity index (χ0) is 22.5. The average molecular weight is 438 g/mol. The number of anilines is 1. The van der Waals surface area contributed by atoms with Crippen molar-refractivity contribution >= 4 is 28.7 Å². The molecule has 4 rings (SSSR count). The van der Waals surface area contributed by atoms with Crippen molar-refractivity contribution in [2.75, 3.05) is 39.2 Å². The van der Waals surface area contributed by atoms with Crippen molar-refractivity contribution in [2.45, 2.75) is 19.4 Å². The molecule has 1 fully saturated rings. The second-order valence-corrected chi connectivity index (χ2v) is 7.47. The summed E-state index contributed by atoms with van der Waals surface area (Å²) < 4.78 is 12.1. The van der Waals surface area contributed by atoms with Crippen molar-refractivity contribution in [3.63, 3.8) is 0 Å². The van der Waals surface area contributed by atoms with Crippen molar-refractivity contribution in [3.8, 4) is 11.5 Å². The van der Waals surface area contributed by atoms with Gasteiger partial charge in [-0.1, -0.05) is 5.21 Å². The van der Waals surface area contributed by atoms with Gasteiger partial charge in [0.1, 0.15) is 5.52 Å². The number of methoxy groups -OCH3 is 2. The van der Waals surface area contributed by atoms with E-state index in [2.05, 4.69) is 20.9 Å². The highest BCUT2D eigenvalue weighted by Gasteiger charge is 2.20. The van der Waals surface area contributed by atoms with E-state index in [1.165, 1.54) is 7.11 Å². The summed E-state index contributed by atoms with van der Waals surface area (Å²) in [5.74, 6) is 1.15. The summed E-state index contributed by atoms with van der Waals surface area (Å²) >= 11 is 0. The van der Waals surface area contributed by atoms with Crippen LogP contribution in [0, 0.1) is 0 Å². The Morgan fingerprint density at radius 1 is 1.03 bits per heavy atom. The molecule has 2 aromatic carbocycles. The summed E-state index contributed by atoms with van der Waals surface area (Å²) in [5, 5.41) is 13.9. The molecule has 1 aromatic heterocycles. The molecule has 10 heteroatoms. The molecule has 0 aliphatic carbocycles. The number of likely N-dealkylation sites (tertiary alicyclic amines) is 1. The molecule has 0 spiro atoms. The van der Waals surface area contributed by atoms with Crippen molar-refractivity contribution in [3.05, 3.63) is 42.0 Å². The topological polar surface area (TPSA) is 111 Å². The number of aromatic nitrogens is 3. The second-order valence-electron chi connectivity index (χ2n) is 7.47. The molecule has 0 atom stereocenters. The highest BCUT2D eigenvalue weighted by Crippen LogP contribution is 2.29. The minimum Gasteiger partial charge on any atom is -0.493 e. The van der Waals surface area contributed by atoms with Crippen LogP contribution in [0.2, 0.25) is 0 Å². The number of carbonyl (C=O) groups excluding carboxylic acids is 2. The maximum absolute atomic E-state index is 12.6. The van der Waals surface area contributed by atoms with E-state index in [0.29, 0.717) is 41.4 Å². The van der Waals surface area contributed by atoms with Crippen LogP contribution in [-0.2, 0) is 6.54 Å². The standard InChI is InChI=1S/C22H26N6O4/c1-31-19-8-6-16(14-20(19)32-2)24-22(30)23-9-12-28-18-7-5-15(13-17(18)25-26-28)21(29)27-10-3-4-11-27/h5-8,13-14H,3-4,9-12H2,1-2H3,(H2,23,24,30). The lowest BCUT2D eigenvalue weighted by molar-refractivity contribution is 0.0793. The number of nitrogens with zero attached hydrogens (tertiary/aromatic N) is 4. The van der Waals surface area contributed by atoms with Gasteiger partial charge in [-0.25, -0.2) is 9.48 Å². The first kappa shape index (κ1) is 21.4. The molecule has 3 aromatic rings. The molecule has 1 saturated heterocycles. The van der Waals surface area contributed by atoms with Gasteiger partial charge in [-0.05, 0) is 43.2 Å². The van der Waals surface area contributed by atoms with E-state index in [1.807, 2.05) is 11.0 Å². The Labute approximate surface area is 185 Å². The molecular weight excluding hydrogens is 412 g/mol. The van der Waals surface area contributed by atoms with Gasteiger partial charge in [0.2, 0.25) is 0 Å². The molecule has 1 aliphatic heterocycles. The predicted octanol–water partition coefficient (Wildman–Crippen LogP) is 2.51. The largest absolute Gasteiger partial charge is 0.493 e. The number of nitrogens with one attached hydrogen (secondary N) is 2. The van der Waals surface area contributed by atoms with Crippen LogP contribution in [-0.4, -0.2) is 65.7 Å². The second kappa shape index (κ2) is 9.54. The Morgan fingerprint density at radius 2 is 1.81 bits per heavy atom. The normalized spacial score (nSPS) is 13.2. The fraction of sp³-hybridized carbons (Fsp3) is 0.364. The maximum Gasteiger partial charge on any atom is 0.319 e. The highest BCUT2D eigenvalue weighted by atomic mass is 16.5. The Kier molecular flexibility index (Phi) is 6.39. The van der Waals surface area contributed by atoms with Gasteiger partial charge in [0, 0.05) is 37.0 Å². The van der Waals surface area contributed by atoms with Gasteiger partial charge < -0.3 is 25.0 Å². The number of amides is 3. The zero-order valence-corrected chi connectivity index (χ0v) is 18.1. The molecule has 1 aliphatic rings. The Bertz CT molecular complexity index is 1120. The summed E-state index contributed by atoms with van der Waals surface area (Å²) in [6, 6.07) is 10.2. The third-order valence-corrected chi connectivity index (χ3v) is 5.40. The molecular formula is C22H26N6O4. The summed E-state index contributed by atoms with van der Waals surface area (Å²) in [5.41, 5.74) is 2.68. The Morgan fingerprint density at radius 3 is 2.56 bits per heavy atom. The minimum atomic E-state index is -0.347. The minimum absolute atomic E-state index is 0.0347. The first-order valence-electron chi connectivity index (χ1n) is 10.5. The van der Waals surface area contributed by atoms with E-state index in [9.17, 15) is 9.59 Å². The third kappa shape index (κ3) is 4.58. The van der Waals surface area contributed by atoms with E-state index in [4.69, 9.17) is 9.47 Å². The van der Waals surface area contributed by atoms with Gasteiger partial charge in [0.15, 0.2) is 11.5 Å². The number of hydrogen-bond donors (Lipinski definition) is 2. The number of carbonyl (C=O) groups is 2. The SMILES string of the molecule is COc1ccc(NC(=O)NCCn2nnc3cc(C(=O)N4CCCC4)ccc32)cc1OC. The molecule has 3 amide bonds. The van der Waals surface area contributed by atoms with Crippen LogP contribution < -0.4 is 20.1 Å². The molecule has 0 radical (unpaired) electrons. The first-order valence-corrected chi connectivity index (χ1v) is 10.5.